The van der Waals surface area contributed by atoms with Crippen LogP contribution in [0, 0.1) is 0 Å². The molecule has 0 heterocycles. The summed E-state index contributed by atoms with van der Waals surface area (Å²) in [5, 5.41) is 0. The van der Waals surface area contributed by atoms with Crippen molar-refractivity contribution in [3.05, 3.63) is 54.3 Å². The molecule has 0 atom stereocenters. The van der Waals surface area contributed by atoms with Gasteiger partial charge in [-0.3, -0.25) is 0 Å². The normalized spacial score (nSPS) is 10.0. The van der Waals surface area contributed by atoms with Crippen molar-refractivity contribution in [2.24, 2.45) is 0 Å². The Bertz CT molecular complexity index is 589. The summed E-state index contributed by atoms with van der Waals surface area (Å²) in [6, 6.07) is 0. The first-order chi connectivity index (χ1) is 10.4. The van der Waals surface area contributed by atoms with E-state index in [1.54, 1.807) is 0 Å². The smallest absolute Gasteiger partial charge is 0.340 e. The SMILES string of the molecule is C=CCOC(=O)c1c(Br)c(Br)c(Br)c(C(=O)OCC=C)c1Br. The van der Waals surface area contributed by atoms with Crippen LogP contribution in [-0.4, -0.2) is 25.2 Å². The molecule has 0 saturated carbocycles. The highest BCUT2D eigenvalue weighted by Crippen LogP contribution is 2.42. The van der Waals surface area contributed by atoms with Gasteiger partial charge in [-0.1, -0.05) is 25.3 Å². The number of hydrogen-bond donors (Lipinski definition) is 0. The molecule has 0 saturated heterocycles. The van der Waals surface area contributed by atoms with E-state index in [1.807, 2.05) is 0 Å². The Morgan fingerprint density at radius 2 is 1.14 bits per heavy atom. The fraction of sp³-hybridized carbons (Fsp3) is 0.143. The molecule has 0 spiro atoms. The van der Waals surface area contributed by atoms with Crippen LogP contribution in [0.3, 0.4) is 0 Å². The summed E-state index contributed by atoms with van der Waals surface area (Å²) < 4.78 is 11.7. The zero-order valence-corrected chi connectivity index (χ0v) is 17.5. The Morgan fingerprint density at radius 3 is 1.45 bits per heavy atom. The second-order valence-electron chi connectivity index (χ2n) is 3.78. The molecule has 1 aromatic carbocycles. The van der Waals surface area contributed by atoms with Gasteiger partial charge in [0.05, 0.1) is 11.1 Å². The topological polar surface area (TPSA) is 52.6 Å². The van der Waals surface area contributed by atoms with E-state index in [2.05, 4.69) is 76.9 Å². The minimum absolute atomic E-state index is 0.0572. The first kappa shape index (κ1) is 19.6. The van der Waals surface area contributed by atoms with E-state index in [4.69, 9.17) is 9.47 Å². The molecule has 0 radical (unpaired) electrons. The molecule has 0 amide bonds. The fourth-order valence-electron chi connectivity index (χ4n) is 1.41. The van der Waals surface area contributed by atoms with Crippen molar-refractivity contribution in [1.82, 2.24) is 0 Å². The second kappa shape index (κ2) is 9.00. The Labute approximate surface area is 161 Å². The first-order valence-electron chi connectivity index (χ1n) is 5.78. The maximum atomic E-state index is 12.2. The van der Waals surface area contributed by atoms with E-state index in [9.17, 15) is 9.59 Å². The van der Waals surface area contributed by atoms with E-state index < -0.39 is 11.9 Å². The third-order valence-corrected chi connectivity index (χ3v) is 6.57. The molecule has 4 nitrogen and oxygen atoms in total. The molecule has 0 N–H and O–H groups in total. The van der Waals surface area contributed by atoms with Crippen LogP contribution < -0.4 is 0 Å². The van der Waals surface area contributed by atoms with E-state index in [-0.39, 0.29) is 28.8 Å². The van der Waals surface area contributed by atoms with Gasteiger partial charge in [-0.2, -0.15) is 0 Å². The van der Waals surface area contributed by atoms with Crippen molar-refractivity contribution in [2.45, 2.75) is 0 Å². The number of carbonyl (C=O) groups excluding carboxylic acids is 2. The Hall–Kier alpha value is -0.440. The lowest BCUT2D eigenvalue weighted by atomic mass is 10.1. The molecule has 8 heteroatoms. The van der Waals surface area contributed by atoms with Gasteiger partial charge in [0.2, 0.25) is 0 Å². The van der Waals surface area contributed by atoms with Crippen LogP contribution >= 0.6 is 63.7 Å². The number of esters is 2. The zero-order chi connectivity index (χ0) is 16.9. The van der Waals surface area contributed by atoms with Crippen molar-refractivity contribution in [1.29, 1.82) is 0 Å². The highest BCUT2D eigenvalue weighted by molar-refractivity contribution is 9.14. The number of rotatable bonds is 6. The summed E-state index contributed by atoms with van der Waals surface area (Å²) in [7, 11) is 0. The summed E-state index contributed by atoms with van der Waals surface area (Å²) in [6.45, 7) is 7.08. The van der Waals surface area contributed by atoms with Gasteiger partial charge in [0.1, 0.15) is 13.2 Å². The zero-order valence-electron chi connectivity index (χ0n) is 11.1. The molecule has 0 aliphatic rings. The lowest BCUT2D eigenvalue weighted by Crippen LogP contribution is -2.13. The highest BCUT2D eigenvalue weighted by Gasteiger charge is 2.28. The van der Waals surface area contributed by atoms with Crippen LogP contribution in [0.5, 0.6) is 0 Å². The number of hydrogen-bond acceptors (Lipinski definition) is 4. The van der Waals surface area contributed by atoms with E-state index in [1.165, 1.54) is 12.2 Å². The van der Waals surface area contributed by atoms with Gasteiger partial charge < -0.3 is 9.47 Å². The van der Waals surface area contributed by atoms with Crippen LogP contribution in [0.4, 0.5) is 0 Å². The summed E-state index contributed by atoms with van der Waals surface area (Å²) in [6.07, 6.45) is 2.90. The molecule has 0 aromatic heterocycles. The van der Waals surface area contributed by atoms with Crippen LogP contribution in [0.25, 0.3) is 0 Å². The van der Waals surface area contributed by atoms with Gasteiger partial charge in [0.15, 0.2) is 0 Å². The molecule has 0 unspecified atom stereocenters. The Balaban J connectivity index is 3.43. The highest BCUT2D eigenvalue weighted by atomic mass is 79.9. The molecule has 0 fully saturated rings. The average molecular weight is 562 g/mol. The number of halogens is 4. The maximum Gasteiger partial charge on any atom is 0.340 e. The predicted octanol–water partition coefficient (Wildman–Crippen LogP) is 5.42. The van der Waals surface area contributed by atoms with Crippen LogP contribution in [0.15, 0.2) is 43.2 Å². The van der Waals surface area contributed by atoms with Crippen molar-refractivity contribution in [2.75, 3.05) is 13.2 Å². The van der Waals surface area contributed by atoms with E-state index in [0.29, 0.717) is 13.4 Å². The number of carbonyl (C=O) groups is 2. The molecular formula is C14H10Br4O4. The monoisotopic (exact) mass is 558 g/mol. The second-order valence-corrected chi connectivity index (χ2v) is 6.95. The maximum absolute atomic E-state index is 12.2. The molecule has 1 rings (SSSR count). The van der Waals surface area contributed by atoms with Gasteiger partial charge in [-0.15, -0.1) is 0 Å². The standard InChI is InChI=1S/C14H10Br4O4/c1-3-5-21-13(19)7-9(15)8(14(20)22-6-4-2)11(17)12(18)10(7)16/h3-4H,1-2,5-6H2. The average Bonchev–Trinajstić information content (AvgIpc) is 2.48. The van der Waals surface area contributed by atoms with Crippen molar-refractivity contribution >= 4 is 75.7 Å². The minimum atomic E-state index is -0.607. The lowest BCUT2D eigenvalue weighted by molar-refractivity contribution is 0.0544. The Morgan fingerprint density at radius 1 is 0.773 bits per heavy atom. The molecule has 22 heavy (non-hydrogen) atoms. The van der Waals surface area contributed by atoms with Crippen molar-refractivity contribution < 1.29 is 19.1 Å². The number of ether oxygens (including phenoxy) is 2. The summed E-state index contributed by atoms with van der Waals surface area (Å²) >= 11 is 13.2. The van der Waals surface area contributed by atoms with Gasteiger partial charge in [0, 0.05) is 17.9 Å². The third-order valence-electron chi connectivity index (χ3n) is 2.34. The predicted molar refractivity (Wildman–Crippen MR) is 98.2 cm³/mol. The summed E-state index contributed by atoms with van der Waals surface area (Å²) in [4.78, 5) is 24.3. The first-order valence-corrected chi connectivity index (χ1v) is 8.95. The quantitative estimate of drug-likeness (QED) is 0.201. The van der Waals surface area contributed by atoms with Gasteiger partial charge in [-0.05, 0) is 63.7 Å². The van der Waals surface area contributed by atoms with Crippen LogP contribution in [0.1, 0.15) is 20.7 Å². The van der Waals surface area contributed by atoms with Crippen LogP contribution in [-0.2, 0) is 9.47 Å². The number of benzene rings is 1. The van der Waals surface area contributed by atoms with Crippen molar-refractivity contribution in [3.63, 3.8) is 0 Å². The summed E-state index contributed by atoms with van der Waals surface area (Å²) in [5.74, 6) is -1.21. The molecule has 118 valence electrons. The van der Waals surface area contributed by atoms with E-state index in [0.717, 1.165) is 0 Å². The minimum Gasteiger partial charge on any atom is -0.458 e. The van der Waals surface area contributed by atoms with Crippen LogP contribution in [0.2, 0.25) is 0 Å². The lowest BCUT2D eigenvalue weighted by Gasteiger charge is -2.15. The fourth-order valence-corrected chi connectivity index (χ4v) is 4.44. The van der Waals surface area contributed by atoms with Gasteiger partial charge >= 0.3 is 11.9 Å². The molecule has 1 aromatic rings. The van der Waals surface area contributed by atoms with Gasteiger partial charge in [0.25, 0.3) is 0 Å². The summed E-state index contributed by atoms with van der Waals surface area (Å²) in [5.41, 5.74) is 0.338. The third kappa shape index (κ3) is 4.31. The molecule has 0 aliphatic carbocycles. The van der Waals surface area contributed by atoms with Crippen molar-refractivity contribution in [3.8, 4) is 0 Å². The van der Waals surface area contributed by atoms with E-state index >= 15 is 0 Å². The van der Waals surface area contributed by atoms with Gasteiger partial charge in [-0.25, -0.2) is 9.59 Å². The molecule has 0 bridgehead atoms. The Kier molecular flexibility index (Phi) is 8.02. The molecular weight excluding hydrogens is 552 g/mol. The largest absolute Gasteiger partial charge is 0.458 e. The molecule has 0 aliphatic heterocycles.